The highest BCUT2D eigenvalue weighted by molar-refractivity contribution is 6.32. The smallest absolute Gasteiger partial charge is 0.152 e. The number of hydrogen-bond acceptors (Lipinski definition) is 3. The number of rotatable bonds is 1. The zero-order chi connectivity index (χ0) is 9.26. The second kappa shape index (κ2) is 3.11. The number of aromatic nitrogens is 1. The first-order chi connectivity index (χ1) is 6.29. The van der Waals surface area contributed by atoms with Gasteiger partial charge in [-0.25, -0.2) is 4.98 Å². The van der Waals surface area contributed by atoms with Crippen LogP contribution < -0.4 is 5.73 Å². The Morgan fingerprint density at radius 3 is 2.92 bits per heavy atom. The molecule has 0 aromatic carbocycles. The van der Waals surface area contributed by atoms with Gasteiger partial charge in [0.25, 0.3) is 0 Å². The summed E-state index contributed by atoms with van der Waals surface area (Å²) in [6, 6.07) is 5.38. The lowest BCUT2D eigenvalue weighted by Crippen LogP contribution is -1.92. The molecule has 0 aliphatic rings. The molecule has 0 atom stereocenters. The van der Waals surface area contributed by atoms with E-state index in [4.69, 9.17) is 21.8 Å². The van der Waals surface area contributed by atoms with E-state index in [2.05, 4.69) is 4.98 Å². The summed E-state index contributed by atoms with van der Waals surface area (Å²) in [6.45, 7) is 0. The van der Waals surface area contributed by atoms with Crippen LogP contribution in [0.5, 0.6) is 0 Å². The average molecular weight is 195 g/mol. The summed E-state index contributed by atoms with van der Waals surface area (Å²) >= 11 is 5.75. The zero-order valence-electron chi connectivity index (χ0n) is 6.70. The summed E-state index contributed by atoms with van der Waals surface area (Å²) in [5.41, 5.74) is 6.93. The number of furan rings is 1. The second-order valence-corrected chi connectivity index (χ2v) is 2.90. The number of nitrogens with zero attached hydrogens (tertiary/aromatic N) is 1. The molecule has 0 fully saturated rings. The summed E-state index contributed by atoms with van der Waals surface area (Å²) in [5, 5.41) is 0.300. The molecular weight excluding hydrogens is 188 g/mol. The average Bonchev–Trinajstić information content (AvgIpc) is 2.62. The van der Waals surface area contributed by atoms with Crippen LogP contribution in [0.1, 0.15) is 0 Å². The molecule has 0 spiro atoms. The maximum atomic E-state index is 5.75. The lowest BCUT2D eigenvalue weighted by molar-refractivity contribution is 0.582. The van der Waals surface area contributed by atoms with E-state index in [0.717, 1.165) is 5.56 Å². The van der Waals surface area contributed by atoms with Crippen molar-refractivity contribution in [2.45, 2.75) is 0 Å². The Morgan fingerprint density at radius 1 is 1.38 bits per heavy atom. The lowest BCUT2D eigenvalue weighted by atomic mass is 10.2. The van der Waals surface area contributed by atoms with Gasteiger partial charge in [0, 0.05) is 11.8 Å². The minimum atomic E-state index is 0.300. The van der Waals surface area contributed by atoms with E-state index >= 15 is 0 Å². The van der Waals surface area contributed by atoms with Crippen molar-refractivity contribution in [3.8, 4) is 11.3 Å². The minimum Gasteiger partial charge on any atom is -0.464 e. The van der Waals surface area contributed by atoms with Crippen LogP contribution in [0.3, 0.4) is 0 Å². The maximum Gasteiger partial charge on any atom is 0.152 e. The van der Waals surface area contributed by atoms with E-state index in [9.17, 15) is 0 Å². The van der Waals surface area contributed by atoms with Gasteiger partial charge in [-0.3, -0.25) is 0 Å². The Kier molecular flexibility index (Phi) is 1.94. The van der Waals surface area contributed by atoms with Crippen LogP contribution in [-0.4, -0.2) is 4.98 Å². The van der Waals surface area contributed by atoms with Gasteiger partial charge in [0.2, 0.25) is 0 Å². The fourth-order valence-electron chi connectivity index (χ4n) is 1.09. The molecule has 0 amide bonds. The van der Waals surface area contributed by atoms with Crippen molar-refractivity contribution in [1.82, 2.24) is 4.98 Å². The quantitative estimate of drug-likeness (QED) is 0.710. The number of halogens is 1. The summed E-state index contributed by atoms with van der Waals surface area (Å²) in [7, 11) is 0. The Morgan fingerprint density at radius 2 is 2.23 bits per heavy atom. The van der Waals surface area contributed by atoms with E-state index in [1.807, 2.05) is 6.07 Å². The molecular formula is C9H7ClN2O. The maximum absolute atomic E-state index is 5.75. The highest BCUT2D eigenvalue weighted by Crippen LogP contribution is 2.29. The van der Waals surface area contributed by atoms with Crippen LogP contribution in [-0.2, 0) is 0 Å². The zero-order valence-corrected chi connectivity index (χ0v) is 7.45. The molecule has 2 heterocycles. The predicted molar refractivity (Wildman–Crippen MR) is 51.4 cm³/mol. The first-order valence-corrected chi connectivity index (χ1v) is 4.10. The SMILES string of the molecule is Nc1c(-c2ccco2)ccnc1Cl. The molecule has 2 aromatic heterocycles. The number of anilines is 1. The van der Waals surface area contributed by atoms with E-state index < -0.39 is 0 Å². The molecule has 0 aliphatic carbocycles. The van der Waals surface area contributed by atoms with Crippen LogP contribution in [0.15, 0.2) is 35.1 Å². The molecule has 3 nitrogen and oxygen atoms in total. The van der Waals surface area contributed by atoms with E-state index in [0.29, 0.717) is 16.6 Å². The summed E-state index contributed by atoms with van der Waals surface area (Å²) in [6.07, 6.45) is 3.18. The van der Waals surface area contributed by atoms with Crippen molar-refractivity contribution in [2.75, 3.05) is 5.73 Å². The minimum absolute atomic E-state index is 0.300. The number of nitrogens with two attached hydrogens (primary N) is 1. The highest BCUT2D eigenvalue weighted by atomic mass is 35.5. The highest BCUT2D eigenvalue weighted by Gasteiger charge is 2.07. The van der Waals surface area contributed by atoms with Gasteiger partial charge in [0.15, 0.2) is 5.15 Å². The molecule has 13 heavy (non-hydrogen) atoms. The molecule has 66 valence electrons. The van der Waals surface area contributed by atoms with Crippen LogP contribution >= 0.6 is 11.6 Å². The Hall–Kier alpha value is -1.48. The molecule has 0 aliphatic heterocycles. The first kappa shape index (κ1) is 8.13. The molecule has 0 saturated heterocycles. The van der Waals surface area contributed by atoms with Gasteiger partial charge in [-0.2, -0.15) is 0 Å². The Balaban J connectivity index is 2.59. The summed E-state index contributed by atoms with van der Waals surface area (Å²) < 4.78 is 5.19. The monoisotopic (exact) mass is 194 g/mol. The third-order valence-corrected chi connectivity index (χ3v) is 2.03. The number of pyridine rings is 1. The summed E-state index contributed by atoms with van der Waals surface area (Å²) in [4.78, 5) is 3.85. The van der Waals surface area contributed by atoms with Crippen molar-refractivity contribution in [2.24, 2.45) is 0 Å². The normalized spacial score (nSPS) is 10.2. The van der Waals surface area contributed by atoms with Crippen LogP contribution in [0, 0.1) is 0 Å². The van der Waals surface area contributed by atoms with Crippen molar-refractivity contribution >= 4 is 17.3 Å². The van der Waals surface area contributed by atoms with Gasteiger partial charge in [-0.15, -0.1) is 0 Å². The standard InChI is InChI=1S/C9H7ClN2O/c10-9-8(11)6(3-4-12-9)7-2-1-5-13-7/h1-5H,11H2. The van der Waals surface area contributed by atoms with Crippen molar-refractivity contribution < 1.29 is 4.42 Å². The van der Waals surface area contributed by atoms with Gasteiger partial charge in [0.1, 0.15) is 5.76 Å². The molecule has 2 aromatic rings. The van der Waals surface area contributed by atoms with Gasteiger partial charge in [0.05, 0.1) is 12.0 Å². The van der Waals surface area contributed by atoms with E-state index in [1.165, 1.54) is 0 Å². The van der Waals surface area contributed by atoms with Crippen molar-refractivity contribution in [1.29, 1.82) is 0 Å². The fourth-order valence-corrected chi connectivity index (χ4v) is 1.25. The van der Waals surface area contributed by atoms with Crippen molar-refractivity contribution in [3.05, 3.63) is 35.8 Å². The Labute approximate surface area is 80.1 Å². The van der Waals surface area contributed by atoms with Crippen LogP contribution in [0.4, 0.5) is 5.69 Å². The number of hydrogen-bond donors (Lipinski definition) is 1. The molecule has 0 bridgehead atoms. The van der Waals surface area contributed by atoms with E-state index in [1.54, 1.807) is 24.6 Å². The van der Waals surface area contributed by atoms with E-state index in [-0.39, 0.29) is 0 Å². The first-order valence-electron chi connectivity index (χ1n) is 3.73. The largest absolute Gasteiger partial charge is 0.464 e. The van der Waals surface area contributed by atoms with Gasteiger partial charge in [-0.05, 0) is 18.2 Å². The lowest BCUT2D eigenvalue weighted by Gasteiger charge is -2.02. The predicted octanol–water partition coefficient (Wildman–Crippen LogP) is 2.58. The fraction of sp³-hybridized carbons (Fsp3) is 0. The molecule has 4 heteroatoms. The molecule has 0 unspecified atom stereocenters. The third-order valence-electron chi connectivity index (χ3n) is 1.73. The third kappa shape index (κ3) is 1.38. The molecule has 2 rings (SSSR count). The van der Waals surface area contributed by atoms with Crippen LogP contribution in [0.2, 0.25) is 5.15 Å². The Bertz CT molecular complexity index is 412. The topological polar surface area (TPSA) is 52.0 Å². The molecule has 2 N–H and O–H groups in total. The van der Waals surface area contributed by atoms with Crippen LogP contribution in [0.25, 0.3) is 11.3 Å². The second-order valence-electron chi connectivity index (χ2n) is 2.54. The number of nitrogen functional groups attached to an aromatic ring is 1. The molecule has 0 saturated carbocycles. The van der Waals surface area contributed by atoms with Crippen molar-refractivity contribution in [3.63, 3.8) is 0 Å². The molecule has 0 radical (unpaired) electrons. The van der Waals surface area contributed by atoms with Gasteiger partial charge < -0.3 is 10.2 Å². The van der Waals surface area contributed by atoms with Gasteiger partial charge in [-0.1, -0.05) is 11.6 Å². The summed E-state index contributed by atoms with van der Waals surface area (Å²) in [5.74, 6) is 0.696. The van der Waals surface area contributed by atoms with Gasteiger partial charge >= 0.3 is 0 Å².